The average molecular weight is 348 g/mol. The quantitative estimate of drug-likeness (QED) is 0.904. The summed E-state index contributed by atoms with van der Waals surface area (Å²) in [5, 5.41) is 3.24. The van der Waals surface area contributed by atoms with E-state index in [0.717, 1.165) is 29.0 Å². The van der Waals surface area contributed by atoms with Gasteiger partial charge in [-0.3, -0.25) is 0 Å². The van der Waals surface area contributed by atoms with Crippen molar-refractivity contribution in [1.29, 1.82) is 0 Å². The van der Waals surface area contributed by atoms with Crippen molar-refractivity contribution < 1.29 is 8.42 Å². The number of hydrogen-bond acceptors (Lipinski definition) is 5. The van der Waals surface area contributed by atoms with E-state index in [9.17, 15) is 8.42 Å². The van der Waals surface area contributed by atoms with Crippen LogP contribution in [0.2, 0.25) is 0 Å². The van der Waals surface area contributed by atoms with Gasteiger partial charge >= 0.3 is 0 Å². The lowest BCUT2D eigenvalue weighted by atomic mass is 10.1. The van der Waals surface area contributed by atoms with Gasteiger partial charge in [0.15, 0.2) is 9.84 Å². The van der Waals surface area contributed by atoms with E-state index in [0.29, 0.717) is 12.2 Å². The van der Waals surface area contributed by atoms with Crippen LogP contribution in [0.3, 0.4) is 0 Å². The molecular weight excluding hydrogens is 330 g/mol. The molecule has 0 saturated carbocycles. The molecule has 1 N–H and O–H groups in total. The Bertz CT molecular complexity index is 575. The number of nitrogens with zero attached hydrogens (tertiary/aromatic N) is 2. The molecule has 1 aromatic rings. The first-order valence-electron chi connectivity index (χ1n) is 6.41. The van der Waals surface area contributed by atoms with E-state index in [1.807, 2.05) is 6.92 Å². The van der Waals surface area contributed by atoms with Gasteiger partial charge in [0.2, 0.25) is 0 Å². The zero-order valence-corrected chi connectivity index (χ0v) is 13.5. The van der Waals surface area contributed by atoms with Crippen LogP contribution in [0.15, 0.2) is 4.47 Å². The molecule has 0 amide bonds. The topological polar surface area (TPSA) is 72.0 Å². The first-order chi connectivity index (χ1) is 8.93. The van der Waals surface area contributed by atoms with Gasteiger partial charge in [0.25, 0.3) is 0 Å². The highest BCUT2D eigenvalue weighted by molar-refractivity contribution is 9.10. The molecular formula is C12H18BrN3O2S. The summed E-state index contributed by atoms with van der Waals surface area (Å²) in [6, 6.07) is 0. The average Bonchev–Trinajstić information content (AvgIpc) is 2.71. The van der Waals surface area contributed by atoms with Gasteiger partial charge in [-0.15, -0.1) is 0 Å². The SMILES string of the molecule is CCCNc1nc(C2CCS(=O)(=O)C2)nc(C)c1Br. The van der Waals surface area contributed by atoms with E-state index in [1.54, 1.807) is 0 Å². The molecule has 1 aliphatic rings. The van der Waals surface area contributed by atoms with Gasteiger partial charge in [0.05, 0.1) is 21.7 Å². The van der Waals surface area contributed by atoms with Crippen molar-refractivity contribution in [3.05, 3.63) is 16.0 Å². The molecule has 1 atom stereocenters. The van der Waals surface area contributed by atoms with E-state index >= 15 is 0 Å². The van der Waals surface area contributed by atoms with Crippen molar-refractivity contribution in [1.82, 2.24) is 9.97 Å². The van der Waals surface area contributed by atoms with Crippen LogP contribution in [-0.2, 0) is 9.84 Å². The predicted octanol–water partition coefficient (Wildman–Crippen LogP) is 2.27. The van der Waals surface area contributed by atoms with Crippen molar-refractivity contribution in [3.63, 3.8) is 0 Å². The molecule has 1 unspecified atom stereocenters. The summed E-state index contributed by atoms with van der Waals surface area (Å²) < 4.78 is 23.9. The van der Waals surface area contributed by atoms with E-state index in [-0.39, 0.29) is 17.4 Å². The van der Waals surface area contributed by atoms with E-state index < -0.39 is 9.84 Å². The van der Waals surface area contributed by atoms with Crippen LogP contribution < -0.4 is 5.32 Å². The van der Waals surface area contributed by atoms with Crippen LogP contribution in [0.5, 0.6) is 0 Å². The monoisotopic (exact) mass is 347 g/mol. The molecule has 7 heteroatoms. The lowest BCUT2D eigenvalue weighted by Crippen LogP contribution is -2.12. The van der Waals surface area contributed by atoms with Crippen LogP contribution in [-0.4, -0.2) is 36.4 Å². The standard InChI is InChI=1S/C12H18BrN3O2S/c1-3-5-14-12-10(13)8(2)15-11(16-12)9-4-6-19(17,18)7-9/h9H,3-7H2,1-2H3,(H,14,15,16). The molecule has 2 heterocycles. The Morgan fingerprint density at radius 2 is 2.16 bits per heavy atom. The summed E-state index contributed by atoms with van der Waals surface area (Å²) in [4.78, 5) is 8.91. The van der Waals surface area contributed by atoms with Gasteiger partial charge in [0.1, 0.15) is 11.6 Å². The maximum absolute atomic E-state index is 11.5. The Morgan fingerprint density at radius 3 is 2.74 bits per heavy atom. The normalized spacial score (nSPS) is 21.5. The number of aryl methyl sites for hydroxylation is 1. The molecule has 106 valence electrons. The third-order valence-corrected chi connectivity index (χ3v) is 5.89. The zero-order valence-electron chi connectivity index (χ0n) is 11.1. The lowest BCUT2D eigenvalue weighted by molar-refractivity contribution is 0.601. The van der Waals surface area contributed by atoms with E-state index in [1.165, 1.54) is 0 Å². The largest absolute Gasteiger partial charge is 0.369 e. The minimum absolute atomic E-state index is 0.0704. The number of rotatable bonds is 4. The minimum Gasteiger partial charge on any atom is -0.369 e. The molecule has 5 nitrogen and oxygen atoms in total. The molecule has 2 rings (SSSR count). The van der Waals surface area contributed by atoms with Crippen molar-refractivity contribution in [2.45, 2.75) is 32.6 Å². The van der Waals surface area contributed by atoms with Gasteiger partial charge in [-0.1, -0.05) is 6.92 Å². The lowest BCUT2D eigenvalue weighted by Gasteiger charge is -2.13. The summed E-state index contributed by atoms with van der Waals surface area (Å²) in [5.41, 5.74) is 0.841. The fourth-order valence-corrected chi connectivity index (χ4v) is 4.18. The molecule has 0 aliphatic carbocycles. The van der Waals surface area contributed by atoms with Crippen molar-refractivity contribution >= 4 is 31.6 Å². The number of aromatic nitrogens is 2. The summed E-state index contributed by atoms with van der Waals surface area (Å²) in [5.74, 6) is 1.74. The highest BCUT2D eigenvalue weighted by Gasteiger charge is 2.31. The molecule has 1 saturated heterocycles. The fourth-order valence-electron chi connectivity index (χ4n) is 2.12. The van der Waals surface area contributed by atoms with Crippen LogP contribution in [0, 0.1) is 6.92 Å². The van der Waals surface area contributed by atoms with Gasteiger partial charge in [0, 0.05) is 12.5 Å². The molecule has 0 radical (unpaired) electrons. The van der Waals surface area contributed by atoms with E-state index in [4.69, 9.17) is 0 Å². The summed E-state index contributed by atoms with van der Waals surface area (Å²) >= 11 is 3.47. The Kier molecular flexibility index (Phi) is 4.45. The Hall–Kier alpha value is -0.690. The van der Waals surface area contributed by atoms with Gasteiger partial charge in [-0.05, 0) is 35.7 Å². The highest BCUT2D eigenvalue weighted by Crippen LogP contribution is 2.30. The number of anilines is 1. The summed E-state index contributed by atoms with van der Waals surface area (Å²) in [6.07, 6.45) is 1.62. The van der Waals surface area contributed by atoms with Crippen molar-refractivity contribution in [3.8, 4) is 0 Å². The highest BCUT2D eigenvalue weighted by atomic mass is 79.9. The number of sulfone groups is 1. The van der Waals surface area contributed by atoms with Crippen LogP contribution in [0.25, 0.3) is 0 Å². The first-order valence-corrected chi connectivity index (χ1v) is 9.02. The van der Waals surface area contributed by atoms with Crippen LogP contribution in [0.1, 0.15) is 37.2 Å². The minimum atomic E-state index is -2.91. The molecule has 1 aromatic heterocycles. The number of nitrogens with one attached hydrogen (secondary N) is 1. The number of halogens is 1. The zero-order chi connectivity index (χ0) is 14.0. The Labute approximate surface area is 122 Å². The van der Waals surface area contributed by atoms with Crippen LogP contribution in [0.4, 0.5) is 5.82 Å². The van der Waals surface area contributed by atoms with E-state index in [2.05, 4.69) is 38.1 Å². The first kappa shape index (κ1) is 14.7. The Balaban J connectivity index is 2.29. The summed E-state index contributed by atoms with van der Waals surface area (Å²) in [6.45, 7) is 4.81. The molecule has 1 fully saturated rings. The predicted molar refractivity (Wildman–Crippen MR) is 79.3 cm³/mol. The number of hydrogen-bond donors (Lipinski definition) is 1. The second-order valence-electron chi connectivity index (χ2n) is 4.86. The second-order valence-corrected chi connectivity index (χ2v) is 7.88. The summed E-state index contributed by atoms with van der Waals surface area (Å²) in [7, 11) is -2.91. The smallest absolute Gasteiger partial charge is 0.151 e. The molecule has 1 aliphatic heterocycles. The third kappa shape index (κ3) is 3.45. The molecule has 0 bridgehead atoms. The fraction of sp³-hybridized carbons (Fsp3) is 0.667. The van der Waals surface area contributed by atoms with Crippen LogP contribution >= 0.6 is 15.9 Å². The van der Waals surface area contributed by atoms with Crippen molar-refractivity contribution in [2.24, 2.45) is 0 Å². The van der Waals surface area contributed by atoms with Gasteiger partial charge in [-0.2, -0.15) is 0 Å². The molecule has 0 spiro atoms. The third-order valence-electron chi connectivity index (χ3n) is 3.17. The van der Waals surface area contributed by atoms with Gasteiger partial charge in [-0.25, -0.2) is 18.4 Å². The molecule has 19 heavy (non-hydrogen) atoms. The van der Waals surface area contributed by atoms with Gasteiger partial charge < -0.3 is 5.32 Å². The maximum Gasteiger partial charge on any atom is 0.151 e. The Morgan fingerprint density at radius 1 is 1.42 bits per heavy atom. The second kappa shape index (κ2) is 5.75. The van der Waals surface area contributed by atoms with Crippen molar-refractivity contribution in [2.75, 3.05) is 23.4 Å². The molecule has 0 aromatic carbocycles. The maximum atomic E-state index is 11.5.